The third-order valence-electron chi connectivity index (χ3n) is 9.33. The van der Waals surface area contributed by atoms with Crippen LogP contribution in [-0.2, 0) is 20.7 Å². The number of aliphatic hydroxyl groups excluding tert-OH is 1. The molecule has 0 saturated heterocycles. The van der Waals surface area contributed by atoms with Crippen molar-refractivity contribution in [2.24, 2.45) is 11.8 Å². The number of anilines is 1. The molecule has 0 unspecified atom stereocenters. The highest BCUT2D eigenvalue weighted by atomic mass is 16.5. The lowest BCUT2D eigenvalue weighted by atomic mass is 9.88. The zero-order valence-corrected chi connectivity index (χ0v) is 28.1. The highest BCUT2D eigenvalue weighted by Crippen LogP contribution is 2.29. The Labute approximate surface area is 274 Å². The average molecular weight is 636 g/mol. The molecule has 2 aromatic carbocycles. The van der Waals surface area contributed by atoms with E-state index >= 15 is 0 Å². The van der Waals surface area contributed by atoms with Gasteiger partial charge in [-0.15, -0.1) is 0 Å². The molecule has 252 valence electrons. The molecule has 9 heteroatoms. The summed E-state index contributed by atoms with van der Waals surface area (Å²) in [4.78, 5) is 44.0. The Bertz CT molecular complexity index is 1280. The SMILES string of the molecule is C[C@@H]1CCCCO[C@@H](CN(C)C(=O)C2CCCCC2)[C@@H](C)CN([C@@H](C)CO)C(=O)c2cc(NC(=O)Cc3ccccc3)ccc2O1. The van der Waals surface area contributed by atoms with Gasteiger partial charge in [0, 0.05) is 44.3 Å². The molecule has 1 fully saturated rings. The zero-order valence-electron chi connectivity index (χ0n) is 28.1. The first kappa shape index (κ1) is 35.4. The van der Waals surface area contributed by atoms with Gasteiger partial charge in [0.2, 0.25) is 11.8 Å². The number of benzene rings is 2. The Hall–Kier alpha value is -3.43. The van der Waals surface area contributed by atoms with Crippen LogP contribution in [0.1, 0.15) is 88.1 Å². The Morgan fingerprint density at radius 1 is 1.02 bits per heavy atom. The molecule has 4 rings (SSSR count). The summed E-state index contributed by atoms with van der Waals surface area (Å²) < 4.78 is 12.7. The van der Waals surface area contributed by atoms with Gasteiger partial charge in [0.05, 0.1) is 36.8 Å². The second-order valence-corrected chi connectivity index (χ2v) is 13.3. The van der Waals surface area contributed by atoms with Crippen molar-refractivity contribution in [1.82, 2.24) is 9.80 Å². The molecule has 2 aliphatic rings. The van der Waals surface area contributed by atoms with Crippen molar-refractivity contribution in [3.05, 3.63) is 59.7 Å². The molecule has 1 heterocycles. The van der Waals surface area contributed by atoms with E-state index in [2.05, 4.69) is 5.32 Å². The minimum absolute atomic E-state index is 0.0698. The van der Waals surface area contributed by atoms with Crippen molar-refractivity contribution >= 4 is 23.4 Å². The van der Waals surface area contributed by atoms with Gasteiger partial charge >= 0.3 is 0 Å². The number of likely N-dealkylation sites (N-methyl/N-ethyl adjacent to an activating group) is 1. The number of nitrogens with one attached hydrogen (secondary N) is 1. The van der Waals surface area contributed by atoms with Crippen molar-refractivity contribution in [3.8, 4) is 5.75 Å². The minimum Gasteiger partial charge on any atom is -0.490 e. The van der Waals surface area contributed by atoms with Crippen LogP contribution < -0.4 is 10.1 Å². The van der Waals surface area contributed by atoms with Crippen LogP contribution in [0, 0.1) is 11.8 Å². The molecule has 1 aliphatic carbocycles. The van der Waals surface area contributed by atoms with E-state index in [-0.39, 0.29) is 54.8 Å². The maximum atomic E-state index is 14.3. The molecule has 1 saturated carbocycles. The van der Waals surface area contributed by atoms with Crippen LogP contribution >= 0.6 is 0 Å². The predicted molar refractivity (Wildman–Crippen MR) is 180 cm³/mol. The van der Waals surface area contributed by atoms with Crippen molar-refractivity contribution in [1.29, 1.82) is 0 Å². The first-order valence-corrected chi connectivity index (χ1v) is 17.1. The number of rotatable bonds is 8. The largest absolute Gasteiger partial charge is 0.490 e. The summed E-state index contributed by atoms with van der Waals surface area (Å²) in [5.74, 6) is 0.0874. The van der Waals surface area contributed by atoms with Gasteiger partial charge in [-0.3, -0.25) is 14.4 Å². The first-order chi connectivity index (χ1) is 22.2. The second-order valence-electron chi connectivity index (χ2n) is 13.3. The number of carbonyl (C=O) groups excluding carboxylic acids is 3. The maximum absolute atomic E-state index is 14.3. The van der Waals surface area contributed by atoms with Gasteiger partial charge in [0.15, 0.2) is 0 Å². The molecule has 2 aromatic rings. The third kappa shape index (κ3) is 10.0. The lowest BCUT2D eigenvalue weighted by Gasteiger charge is -2.36. The van der Waals surface area contributed by atoms with E-state index in [0.29, 0.717) is 36.7 Å². The van der Waals surface area contributed by atoms with Crippen LogP contribution in [0.3, 0.4) is 0 Å². The molecule has 0 aromatic heterocycles. The molecule has 3 amide bonds. The topological polar surface area (TPSA) is 108 Å². The monoisotopic (exact) mass is 635 g/mol. The van der Waals surface area contributed by atoms with Crippen LogP contribution in [0.15, 0.2) is 48.5 Å². The van der Waals surface area contributed by atoms with Gasteiger partial charge in [-0.25, -0.2) is 0 Å². The minimum atomic E-state index is -0.480. The number of hydrogen-bond donors (Lipinski definition) is 2. The van der Waals surface area contributed by atoms with Crippen LogP contribution in [0.5, 0.6) is 5.75 Å². The molecule has 0 spiro atoms. The highest BCUT2D eigenvalue weighted by Gasteiger charge is 2.32. The number of ether oxygens (including phenoxy) is 2. The van der Waals surface area contributed by atoms with Gasteiger partial charge in [-0.1, -0.05) is 56.5 Å². The smallest absolute Gasteiger partial charge is 0.258 e. The summed E-state index contributed by atoms with van der Waals surface area (Å²) in [7, 11) is 1.86. The molecule has 1 aliphatic heterocycles. The van der Waals surface area contributed by atoms with E-state index in [0.717, 1.165) is 50.5 Å². The quantitative estimate of drug-likeness (QED) is 0.385. The fraction of sp³-hybridized carbons (Fsp3) is 0.595. The normalized spacial score (nSPS) is 22.6. The highest BCUT2D eigenvalue weighted by molar-refractivity contribution is 6.00. The Balaban J connectivity index is 1.58. The summed E-state index contributed by atoms with van der Waals surface area (Å²) in [5, 5.41) is 13.2. The molecule has 46 heavy (non-hydrogen) atoms. The molecule has 4 atom stereocenters. The van der Waals surface area contributed by atoms with E-state index in [1.54, 1.807) is 23.1 Å². The summed E-state index contributed by atoms with van der Waals surface area (Å²) >= 11 is 0. The van der Waals surface area contributed by atoms with E-state index in [4.69, 9.17) is 9.47 Å². The first-order valence-electron chi connectivity index (χ1n) is 17.1. The average Bonchev–Trinajstić information content (AvgIpc) is 3.06. The van der Waals surface area contributed by atoms with E-state index in [1.807, 2.05) is 63.1 Å². The van der Waals surface area contributed by atoms with Gasteiger partial charge in [-0.05, 0) is 69.7 Å². The second kappa shape index (κ2) is 17.5. The lowest BCUT2D eigenvalue weighted by Crippen LogP contribution is -2.48. The predicted octanol–water partition coefficient (Wildman–Crippen LogP) is 5.70. The molecule has 9 nitrogen and oxygen atoms in total. The Morgan fingerprint density at radius 2 is 1.74 bits per heavy atom. The van der Waals surface area contributed by atoms with Crippen LogP contribution in [0.4, 0.5) is 5.69 Å². The van der Waals surface area contributed by atoms with Crippen LogP contribution in [-0.4, -0.2) is 84.2 Å². The number of amides is 3. The van der Waals surface area contributed by atoms with Crippen molar-refractivity contribution in [2.75, 3.05) is 38.7 Å². The van der Waals surface area contributed by atoms with E-state index in [1.165, 1.54) is 6.42 Å². The fourth-order valence-corrected chi connectivity index (χ4v) is 6.47. The molecular formula is C37H53N3O6. The lowest BCUT2D eigenvalue weighted by molar-refractivity contribution is -0.138. The number of hydrogen-bond acceptors (Lipinski definition) is 6. The summed E-state index contributed by atoms with van der Waals surface area (Å²) in [6, 6.07) is 14.2. The molecule has 0 radical (unpaired) electrons. The van der Waals surface area contributed by atoms with Crippen molar-refractivity contribution in [3.63, 3.8) is 0 Å². The Kier molecular flexibility index (Phi) is 13.5. The fourth-order valence-electron chi connectivity index (χ4n) is 6.47. The molecule has 0 bridgehead atoms. The number of carbonyl (C=O) groups is 3. The molecular weight excluding hydrogens is 582 g/mol. The number of nitrogens with zero attached hydrogens (tertiary/aromatic N) is 2. The number of fused-ring (bicyclic) bond motifs is 1. The van der Waals surface area contributed by atoms with Crippen molar-refractivity contribution < 1.29 is 29.0 Å². The summed E-state index contributed by atoms with van der Waals surface area (Å²) in [5.41, 5.74) is 1.72. The zero-order chi connectivity index (χ0) is 33.1. The van der Waals surface area contributed by atoms with E-state index in [9.17, 15) is 19.5 Å². The molecule has 2 N–H and O–H groups in total. The maximum Gasteiger partial charge on any atom is 0.258 e. The van der Waals surface area contributed by atoms with Crippen molar-refractivity contribution in [2.45, 2.75) is 96.8 Å². The van der Waals surface area contributed by atoms with E-state index < -0.39 is 6.04 Å². The summed E-state index contributed by atoms with van der Waals surface area (Å²) in [6.45, 7) is 6.94. The number of aliphatic hydroxyl groups is 1. The Morgan fingerprint density at radius 3 is 2.46 bits per heavy atom. The van der Waals surface area contributed by atoms with Gasteiger partial charge in [0.1, 0.15) is 5.75 Å². The van der Waals surface area contributed by atoms with Crippen LogP contribution in [0.25, 0.3) is 0 Å². The summed E-state index contributed by atoms with van der Waals surface area (Å²) in [6.07, 6.45) is 7.58. The van der Waals surface area contributed by atoms with Gasteiger partial charge in [-0.2, -0.15) is 0 Å². The van der Waals surface area contributed by atoms with Crippen LogP contribution in [0.2, 0.25) is 0 Å². The van der Waals surface area contributed by atoms with Gasteiger partial charge < -0.3 is 29.7 Å². The third-order valence-corrected chi connectivity index (χ3v) is 9.33. The standard InChI is InChI=1S/C37H53N3O6/c1-26-23-40(27(2)25-41)37(44)32-22-31(38-35(42)21-29-14-7-5-8-15-29)18-19-33(32)46-28(3)13-11-12-20-45-34(26)24-39(4)36(43)30-16-9-6-10-17-30/h5,7-8,14-15,18-19,22,26-28,30,34,41H,6,9-13,16-17,20-21,23-25H2,1-4H3,(H,38,42)/t26-,27-,28+,34-/m0/s1. The van der Waals surface area contributed by atoms with Gasteiger partial charge in [0.25, 0.3) is 5.91 Å².